The summed E-state index contributed by atoms with van der Waals surface area (Å²) in [5.74, 6) is -0.0116. The lowest BCUT2D eigenvalue weighted by atomic mass is 10.3. The molecular formula is C15H13ClFN5O3S. The van der Waals surface area contributed by atoms with Crippen molar-refractivity contribution in [3.8, 4) is 0 Å². The zero-order valence-electron chi connectivity index (χ0n) is 13.6. The molecule has 11 heteroatoms. The molecule has 0 aliphatic carbocycles. The molecule has 2 heterocycles. The van der Waals surface area contributed by atoms with E-state index in [-0.39, 0.29) is 27.2 Å². The Morgan fingerprint density at radius 2 is 1.81 bits per heavy atom. The van der Waals surface area contributed by atoms with E-state index in [1.165, 1.54) is 44.2 Å². The monoisotopic (exact) mass is 397 g/mol. The molecule has 2 N–H and O–H groups in total. The molecule has 0 amide bonds. The maximum Gasteiger partial charge on any atom is 0.268 e. The molecule has 0 saturated carbocycles. The lowest BCUT2D eigenvalue weighted by Crippen LogP contribution is -2.15. The second kappa shape index (κ2) is 6.89. The summed E-state index contributed by atoms with van der Waals surface area (Å²) in [5.41, 5.74) is 0.754. The van der Waals surface area contributed by atoms with Gasteiger partial charge in [0, 0.05) is 5.69 Å². The van der Waals surface area contributed by atoms with E-state index in [9.17, 15) is 12.8 Å². The largest absolute Gasteiger partial charge is 0.360 e. The second-order valence-corrected chi connectivity index (χ2v) is 7.34. The molecule has 136 valence electrons. The van der Waals surface area contributed by atoms with E-state index in [1.807, 2.05) is 0 Å². The van der Waals surface area contributed by atoms with Crippen LogP contribution in [0.2, 0.25) is 5.02 Å². The minimum absolute atomic E-state index is 0.0210. The van der Waals surface area contributed by atoms with Crippen LogP contribution in [0.25, 0.3) is 0 Å². The van der Waals surface area contributed by atoms with Crippen LogP contribution in [0.15, 0.2) is 39.8 Å². The van der Waals surface area contributed by atoms with Gasteiger partial charge in [-0.3, -0.25) is 4.72 Å². The van der Waals surface area contributed by atoms with Crippen LogP contribution in [0, 0.1) is 19.7 Å². The Hall–Kier alpha value is -2.72. The lowest BCUT2D eigenvalue weighted by molar-refractivity contribution is 0.390. The van der Waals surface area contributed by atoms with E-state index in [0.29, 0.717) is 11.5 Å². The van der Waals surface area contributed by atoms with Gasteiger partial charge in [-0.15, -0.1) is 10.2 Å². The molecule has 3 aromatic rings. The molecule has 0 fully saturated rings. The maximum absolute atomic E-state index is 13.2. The van der Waals surface area contributed by atoms with Gasteiger partial charge in [-0.05, 0) is 44.2 Å². The molecule has 0 bridgehead atoms. The average Bonchev–Trinajstić information content (AvgIpc) is 2.92. The summed E-state index contributed by atoms with van der Waals surface area (Å²) in [4.78, 5) is -0.0394. The number of sulfonamides is 1. The minimum atomic E-state index is -3.90. The highest BCUT2D eigenvalue weighted by Gasteiger charge is 2.24. The Morgan fingerprint density at radius 3 is 2.38 bits per heavy atom. The van der Waals surface area contributed by atoms with Gasteiger partial charge in [0.25, 0.3) is 10.0 Å². The first-order valence-electron chi connectivity index (χ1n) is 7.28. The highest BCUT2D eigenvalue weighted by Crippen LogP contribution is 2.23. The highest BCUT2D eigenvalue weighted by atomic mass is 35.5. The van der Waals surface area contributed by atoms with Crippen molar-refractivity contribution in [3.63, 3.8) is 0 Å². The van der Waals surface area contributed by atoms with Crippen molar-refractivity contribution in [1.29, 1.82) is 0 Å². The Labute approximate surface area is 153 Å². The van der Waals surface area contributed by atoms with Crippen molar-refractivity contribution in [2.45, 2.75) is 18.7 Å². The Balaban J connectivity index is 1.76. The number of benzene rings is 1. The summed E-state index contributed by atoms with van der Waals surface area (Å²) in [7, 11) is -3.90. The van der Waals surface area contributed by atoms with Crippen molar-refractivity contribution < 1.29 is 17.3 Å². The molecule has 0 spiro atoms. The molecule has 0 aliphatic heterocycles. The fourth-order valence-corrected chi connectivity index (χ4v) is 3.73. The lowest BCUT2D eigenvalue weighted by Gasteiger charge is -2.08. The second-order valence-electron chi connectivity index (χ2n) is 5.32. The fourth-order valence-electron chi connectivity index (χ4n) is 2.22. The van der Waals surface area contributed by atoms with Crippen molar-refractivity contribution in [1.82, 2.24) is 15.4 Å². The van der Waals surface area contributed by atoms with Crippen LogP contribution in [0.5, 0.6) is 0 Å². The summed E-state index contributed by atoms with van der Waals surface area (Å²) in [6.45, 7) is 3.03. The maximum atomic E-state index is 13.2. The van der Waals surface area contributed by atoms with Crippen molar-refractivity contribution in [2.24, 2.45) is 0 Å². The summed E-state index contributed by atoms with van der Waals surface area (Å²) < 4.78 is 45.1. The number of nitrogens with one attached hydrogen (secondary N) is 2. The Kier molecular flexibility index (Phi) is 4.79. The quantitative estimate of drug-likeness (QED) is 0.678. The number of rotatable bonds is 5. The number of nitrogens with zero attached hydrogens (tertiary/aromatic N) is 3. The van der Waals surface area contributed by atoms with E-state index < -0.39 is 15.8 Å². The molecule has 0 radical (unpaired) electrons. The SMILES string of the molecule is Cc1noc(C)c1S(=O)(=O)Nc1ccc(Nc2ccc(F)c(Cl)c2)nn1. The summed E-state index contributed by atoms with van der Waals surface area (Å²) in [5, 5.41) is 14.1. The fraction of sp³-hybridized carbons (Fsp3) is 0.133. The predicted molar refractivity (Wildman–Crippen MR) is 93.5 cm³/mol. The number of anilines is 3. The van der Waals surface area contributed by atoms with Crippen LogP contribution in [-0.2, 0) is 10.0 Å². The minimum Gasteiger partial charge on any atom is -0.360 e. The van der Waals surface area contributed by atoms with Gasteiger partial charge in [0.2, 0.25) is 0 Å². The first kappa shape index (κ1) is 18.1. The number of hydrogen-bond donors (Lipinski definition) is 2. The van der Waals surface area contributed by atoms with E-state index >= 15 is 0 Å². The van der Waals surface area contributed by atoms with Gasteiger partial charge in [0.15, 0.2) is 22.3 Å². The summed E-state index contributed by atoms with van der Waals surface area (Å²) in [6, 6.07) is 7.03. The van der Waals surface area contributed by atoms with Gasteiger partial charge in [0.1, 0.15) is 11.5 Å². The molecular weight excluding hydrogens is 385 g/mol. The molecule has 0 atom stereocenters. The third-order valence-corrected chi connectivity index (χ3v) is 5.22. The standard InChI is InChI=1S/C15H13ClFN5O3S/c1-8-15(9(2)25-21-8)26(23,24)22-14-6-5-13(19-20-14)18-10-3-4-12(17)11(16)7-10/h3-7H,1-2H3,(H,18,19)(H,20,22). The van der Waals surface area contributed by atoms with Crippen LogP contribution in [0.3, 0.4) is 0 Å². The molecule has 3 rings (SSSR count). The summed E-state index contributed by atoms with van der Waals surface area (Å²) >= 11 is 5.71. The van der Waals surface area contributed by atoms with E-state index in [2.05, 4.69) is 25.4 Å². The molecule has 1 aromatic carbocycles. The van der Waals surface area contributed by atoms with E-state index in [4.69, 9.17) is 16.1 Å². The van der Waals surface area contributed by atoms with Gasteiger partial charge < -0.3 is 9.84 Å². The van der Waals surface area contributed by atoms with Gasteiger partial charge in [-0.25, -0.2) is 12.8 Å². The van der Waals surface area contributed by atoms with Gasteiger partial charge in [0.05, 0.1) is 5.02 Å². The van der Waals surface area contributed by atoms with Crippen LogP contribution in [0.1, 0.15) is 11.5 Å². The third-order valence-electron chi connectivity index (χ3n) is 3.33. The predicted octanol–water partition coefficient (Wildman–Crippen LogP) is 3.42. The van der Waals surface area contributed by atoms with Crippen LogP contribution < -0.4 is 10.0 Å². The zero-order chi connectivity index (χ0) is 18.9. The van der Waals surface area contributed by atoms with Gasteiger partial charge in [-0.1, -0.05) is 16.8 Å². The van der Waals surface area contributed by atoms with E-state index in [1.54, 1.807) is 0 Å². The molecule has 26 heavy (non-hydrogen) atoms. The molecule has 2 aromatic heterocycles. The third kappa shape index (κ3) is 3.75. The van der Waals surface area contributed by atoms with Crippen LogP contribution in [0.4, 0.5) is 21.7 Å². The summed E-state index contributed by atoms with van der Waals surface area (Å²) in [6.07, 6.45) is 0. The highest BCUT2D eigenvalue weighted by molar-refractivity contribution is 7.92. The first-order valence-corrected chi connectivity index (χ1v) is 9.14. The van der Waals surface area contributed by atoms with E-state index in [0.717, 1.165) is 0 Å². The zero-order valence-corrected chi connectivity index (χ0v) is 15.2. The van der Waals surface area contributed by atoms with Crippen molar-refractivity contribution >= 4 is 38.9 Å². The number of aryl methyl sites for hydroxylation is 2. The number of halogens is 2. The first-order chi connectivity index (χ1) is 12.3. The molecule has 0 unspecified atom stereocenters. The average molecular weight is 398 g/mol. The smallest absolute Gasteiger partial charge is 0.268 e. The van der Waals surface area contributed by atoms with Gasteiger partial charge in [-0.2, -0.15) is 0 Å². The van der Waals surface area contributed by atoms with Crippen LogP contribution >= 0.6 is 11.6 Å². The Bertz CT molecular complexity index is 1030. The normalized spacial score (nSPS) is 11.4. The molecule has 8 nitrogen and oxygen atoms in total. The van der Waals surface area contributed by atoms with Crippen molar-refractivity contribution in [3.05, 3.63) is 52.6 Å². The molecule has 0 aliphatic rings. The van der Waals surface area contributed by atoms with Gasteiger partial charge >= 0.3 is 0 Å². The number of aromatic nitrogens is 3. The molecule has 0 saturated heterocycles. The Morgan fingerprint density at radius 1 is 1.12 bits per heavy atom. The number of hydrogen-bond acceptors (Lipinski definition) is 7. The van der Waals surface area contributed by atoms with Crippen LogP contribution in [-0.4, -0.2) is 23.8 Å². The van der Waals surface area contributed by atoms with Crippen molar-refractivity contribution in [2.75, 3.05) is 10.0 Å². The topological polar surface area (TPSA) is 110 Å².